The van der Waals surface area contributed by atoms with E-state index in [9.17, 15) is 9.59 Å². The zero-order chi connectivity index (χ0) is 14.3. The van der Waals surface area contributed by atoms with Crippen molar-refractivity contribution in [3.8, 4) is 0 Å². The molecule has 2 amide bonds. The molecule has 0 aromatic heterocycles. The molecule has 1 fully saturated rings. The number of hydrogen-bond donors (Lipinski definition) is 4. The van der Waals surface area contributed by atoms with Gasteiger partial charge in [0.1, 0.15) is 0 Å². The fraction of sp³-hybridized carbons (Fsp3) is 0.846. The summed E-state index contributed by atoms with van der Waals surface area (Å²) in [7, 11) is 0. The Morgan fingerprint density at radius 1 is 1.42 bits per heavy atom. The number of amides is 2. The third-order valence-corrected chi connectivity index (χ3v) is 3.17. The van der Waals surface area contributed by atoms with Crippen molar-refractivity contribution in [1.82, 2.24) is 16.0 Å². The van der Waals surface area contributed by atoms with Gasteiger partial charge in [0.05, 0.1) is 12.6 Å². The summed E-state index contributed by atoms with van der Waals surface area (Å²) in [5.41, 5.74) is 5.08. The van der Waals surface area contributed by atoms with E-state index in [1.54, 1.807) is 0 Å². The Morgan fingerprint density at radius 3 is 2.68 bits per heavy atom. The van der Waals surface area contributed by atoms with Gasteiger partial charge in [0.25, 0.3) is 0 Å². The van der Waals surface area contributed by atoms with Crippen molar-refractivity contribution in [2.24, 2.45) is 11.7 Å². The van der Waals surface area contributed by atoms with Crippen LogP contribution in [0.1, 0.15) is 33.1 Å². The van der Waals surface area contributed by atoms with Gasteiger partial charge in [0, 0.05) is 12.6 Å². The average molecular weight is 270 g/mol. The lowest BCUT2D eigenvalue weighted by atomic mass is 10.0. The van der Waals surface area contributed by atoms with Crippen LogP contribution in [-0.2, 0) is 9.59 Å². The lowest BCUT2D eigenvalue weighted by Gasteiger charge is -2.22. The average Bonchev–Trinajstić information content (AvgIpc) is 2.80. The Balaban J connectivity index is 2.38. The fourth-order valence-corrected chi connectivity index (χ4v) is 2.34. The third-order valence-electron chi connectivity index (χ3n) is 3.17. The van der Waals surface area contributed by atoms with Crippen LogP contribution in [0.25, 0.3) is 0 Å². The molecule has 0 saturated carbocycles. The molecule has 0 unspecified atom stereocenters. The topological polar surface area (TPSA) is 96.2 Å². The molecule has 0 spiro atoms. The first kappa shape index (κ1) is 15.9. The number of carbonyl (C=O) groups is 2. The number of carbonyl (C=O) groups excluding carboxylic acids is 2. The Hall–Kier alpha value is -1.14. The molecule has 1 aliphatic rings. The molecule has 0 aromatic rings. The second-order valence-electron chi connectivity index (χ2n) is 5.58. The Bertz CT molecular complexity index is 301. The second-order valence-corrected chi connectivity index (χ2v) is 5.58. The minimum Gasteiger partial charge on any atom is -0.369 e. The Morgan fingerprint density at radius 2 is 2.16 bits per heavy atom. The Labute approximate surface area is 114 Å². The van der Waals surface area contributed by atoms with E-state index in [0.29, 0.717) is 12.5 Å². The molecule has 0 bridgehead atoms. The molecule has 1 rings (SSSR count). The SMILES string of the molecule is CC(C)C[C@@H](CNCC(N)=O)NC(=O)[C@@H]1CCCN1. The van der Waals surface area contributed by atoms with Crippen molar-refractivity contribution >= 4 is 11.8 Å². The summed E-state index contributed by atoms with van der Waals surface area (Å²) in [6.07, 6.45) is 2.83. The zero-order valence-electron chi connectivity index (χ0n) is 11.9. The van der Waals surface area contributed by atoms with Gasteiger partial charge >= 0.3 is 0 Å². The molecule has 1 saturated heterocycles. The van der Waals surface area contributed by atoms with E-state index in [0.717, 1.165) is 25.8 Å². The highest BCUT2D eigenvalue weighted by atomic mass is 16.2. The normalized spacial score (nSPS) is 20.5. The van der Waals surface area contributed by atoms with Gasteiger partial charge in [0.15, 0.2) is 0 Å². The summed E-state index contributed by atoms with van der Waals surface area (Å²) < 4.78 is 0. The molecule has 2 atom stereocenters. The van der Waals surface area contributed by atoms with E-state index >= 15 is 0 Å². The fourth-order valence-electron chi connectivity index (χ4n) is 2.34. The maximum Gasteiger partial charge on any atom is 0.237 e. The van der Waals surface area contributed by atoms with Crippen LogP contribution in [0.5, 0.6) is 0 Å². The molecule has 6 heteroatoms. The Kier molecular flexibility index (Phi) is 6.80. The van der Waals surface area contributed by atoms with E-state index < -0.39 is 0 Å². The molecule has 19 heavy (non-hydrogen) atoms. The highest BCUT2D eigenvalue weighted by Crippen LogP contribution is 2.08. The zero-order valence-corrected chi connectivity index (χ0v) is 11.9. The van der Waals surface area contributed by atoms with Gasteiger partial charge in [-0.2, -0.15) is 0 Å². The monoisotopic (exact) mass is 270 g/mol. The summed E-state index contributed by atoms with van der Waals surface area (Å²) >= 11 is 0. The van der Waals surface area contributed by atoms with Gasteiger partial charge in [-0.25, -0.2) is 0 Å². The number of rotatable bonds is 8. The largest absolute Gasteiger partial charge is 0.369 e. The molecule has 1 heterocycles. The minimum atomic E-state index is -0.382. The van der Waals surface area contributed by atoms with E-state index in [-0.39, 0.29) is 30.4 Å². The highest BCUT2D eigenvalue weighted by molar-refractivity contribution is 5.82. The number of primary amides is 1. The number of nitrogens with one attached hydrogen (secondary N) is 3. The third kappa shape index (κ3) is 6.54. The molecule has 0 radical (unpaired) electrons. The van der Waals surface area contributed by atoms with Gasteiger partial charge in [-0.3, -0.25) is 9.59 Å². The predicted molar refractivity (Wildman–Crippen MR) is 74.5 cm³/mol. The van der Waals surface area contributed by atoms with Crippen molar-refractivity contribution in [2.45, 2.75) is 45.2 Å². The van der Waals surface area contributed by atoms with Gasteiger partial charge in [0.2, 0.25) is 11.8 Å². The molecule has 0 aliphatic carbocycles. The molecule has 0 aromatic carbocycles. The number of hydrogen-bond acceptors (Lipinski definition) is 4. The maximum absolute atomic E-state index is 12.0. The van der Waals surface area contributed by atoms with Crippen molar-refractivity contribution in [3.05, 3.63) is 0 Å². The summed E-state index contributed by atoms with van der Waals surface area (Å²) in [5.74, 6) is 0.160. The predicted octanol–water partition coefficient (Wildman–Crippen LogP) is -0.656. The van der Waals surface area contributed by atoms with Crippen LogP contribution in [0.2, 0.25) is 0 Å². The quantitative estimate of drug-likeness (QED) is 0.471. The molecule has 6 nitrogen and oxygen atoms in total. The number of nitrogens with two attached hydrogens (primary N) is 1. The molecule has 1 aliphatic heterocycles. The van der Waals surface area contributed by atoms with Crippen LogP contribution in [0, 0.1) is 5.92 Å². The summed E-state index contributed by atoms with van der Waals surface area (Å²) in [5, 5.41) is 9.21. The lowest BCUT2D eigenvalue weighted by Crippen LogP contribution is -2.49. The molecular formula is C13H26N4O2. The van der Waals surface area contributed by atoms with E-state index in [1.807, 2.05) is 0 Å². The van der Waals surface area contributed by atoms with Gasteiger partial charge in [-0.05, 0) is 31.7 Å². The summed E-state index contributed by atoms with van der Waals surface area (Å²) in [6.45, 7) is 5.85. The van der Waals surface area contributed by atoms with Crippen molar-refractivity contribution in [1.29, 1.82) is 0 Å². The van der Waals surface area contributed by atoms with Crippen LogP contribution in [0.4, 0.5) is 0 Å². The smallest absolute Gasteiger partial charge is 0.237 e. The molecular weight excluding hydrogens is 244 g/mol. The maximum atomic E-state index is 12.0. The lowest BCUT2D eigenvalue weighted by molar-refractivity contribution is -0.123. The van der Waals surface area contributed by atoms with Crippen LogP contribution in [0.15, 0.2) is 0 Å². The van der Waals surface area contributed by atoms with Crippen LogP contribution in [-0.4, -0.2) is 43.5 Å². The summed E-state index contributed by atoms with van der Waals surface area (Å²) in [4.78, 5) is 22.7. The van der Waals surface area contributed by atoms with E-state index in [4.69, 9.17) is 5.73 Å². The van der Waals surface area contributed by atoms with Crippen LogP contribution in [0.3, 0.4) is 0 Å². The van der Waals surface area contributed by atoms with Gasteiger partial charge in [-0.15, -0.1) is 0 Å². The summed E-state index contributed by atoms with van der Waals surface area (Å²) in [6, 6.07) is -0.0277. The first-order chi connectivity index (χ1) is 8.99. The first-order valence-electron chi connectivity index (χ1n) is 7.01. The van der Waals surface area contributed by atoms with Crippen molar-refractivity contribution in [2.75, 3.05) is 19.6 Å². The second kappa shape index (κ2) is 8.12. The van der Waals surface area contributed by atoms with Gasteiger partial charge < -0.3 is 21.7 Å². The van der Waals surface area contributed by atoms with Crippen LogP contribution < -0.4 is 21.7 Å². The van der Waals surface area contributed by atoms with Crippen molar-refractivity contribution in [3.63, 3.8) is 0 Å². The van der Waals surface area contributed by atoms with Crippen molar-refractivity contribution < 1.29 is 9.59 Å². The highest BCUT2D eigenvalue weighted by Gasteiger charge is 2.24. The standard InChI is InChI=1S/C13H26N4O2/c1-9(2)6-10(7-15-8-12(14)18)17-13(19)11-4-3-5-16-11/h9-11,15-16H,3-8H2,1-2H3,(H2,14,18)(H,17,19)/t10-,11-/m0/s1. The molecule has 110 valence electrons. The first-order valence-corrected chi connectivity index (χ1v) is 7.01. The molecule has 5 N–H and O–H groups in total. The van der Waals surface area contributed by atoms with E-state index in [1.165, 1.54) is 0 Å². The van der Waals surface area contributed by atoms with Crippen LogP contribution >= 0.6 is 0 Å². The van der Waals surface area contributed by atoms with E-state index in [2.05, 4.69) is 29.8 Å². The van der Waals surface area contributed by atoms with Gasteiger partial charge in [-0.1, -0.05) is 13.8 Å². The minimum absolute atomic E-state index is 0.0363.